The van der Waals surface area contributed by atoms with Gasteiger partial charge in [0.15, 0.2) is 11.5 Å². The maximum Gasteiger partial charge on any atom is 0.160 e. The third-order valence-electron chi connectivity index (χ3n) is 5.36. The zero-order valence-electron chi connectivity index (χ0n) is 15.4. The number of ether oxygens (including phenoxy) is 2. The summed E-state index contributed by atoms with van der Waals surface area (Å²) < 4.78 is 10.7. The molecular weight excluding hydrogens is 310 g/mol. The molecular formula is C22H29NO2. The molecule has 0 atom stereocenters. The Bertz CT molecular complexity index is 663. The summed E-state index contributed by atoms with van der Waals surface area (Å²) in [6.45, 7) is 0.963. The molecule has 0 spiro atoms. The maximum absolute atomic E-state index is 5.42. The highest BCUT2D eigenvalue weighted by Crippen LogP contribution is 2.37. The van der Waals surface area contributed by atoms with Gasteiger partial charge in [0.05, 0.1) is 14.2 Å². The van der Waals surface area contributed by atoms with E-state index in [2.05, 4.69) is 47.8 Å². The molecule has 134 valence electrons. The maximum atomic E-state index is 5.42. The fourth-order valence-electron chi connectivity index (χ4n) is 3.96. The molecule has 0 unspecified atom stereocenters. The normalized spacial score (nSPS) is 16.4. The molecule has 1 N–H and O–H groups in total. The van der Waals surface area contributed by atoms with E-state index < -0.39 is 0 Å². The van der Waals surface area contributed by atoms with Gasteiger partial charge < -0.3 is 14.8 Å². The van der Waals surface area contributed by atoms with Crippen LogP contribution in [-0.4, -0.2) is 20.8 Å². The van der Waals surface area contributed by atoms with E-state index in [0.717, 1.165) is 24.5 Å². The molecule has 1 saturated carbocycles. The Labute approximate surface area is 151 Å². The minimum Gasteiger partial charge on any atom is -0.493 e. The van der Waals surface area contributed by atoms with Gasteiger partial charge in [-0.25, -0.2) is 0 Å². The first-order valence-corrected chi connectivity index (χ1v) is 9.29. The molecule has 0 heterocycles. The molecule has 25 heavy (non-hydrogen) atoms. The van der Waals surface area contributed by atoms with Crippen LogP contribution in [0.25, 0.3) is 0 Å². The van der Waals surface area contributed by atoms with Crippen LogP contribution in [0, 0.1) is 0 Å². The van der Waals surface area contributed by atoms with Crippen molar-refractivity contribution in [3.63, 3.8) is 0 Å². The van der Waals surface area contributed by atoms with E-state index in [1.807, 2.05) is 6.07 Å². The lowest BCUT2D eigenvalue weighted by Crippen LogP contribution is -2.44. The highest BCUT2D eigenvalue weighted by atomic mass is 16.5. The number of methoxy groups -OCH3 is 2. The van der Waals surface area contributed by atoms with E-state index in [1.54, 1.807) is 14.2 Å². The third-order valence-corrected chi connectivity index (χ3v) is 5.36. The standard InChI is InChI=1S/C22H29NO2/c1-24-20-12-11-18(17-21(20)25-2)13-16-23-22(14-7-4-8-15-22)19-9-5-3-6-10-19/h3,5-6,9-12,17,23H,4,7-8,13-16H2,1-2H3. The molecule has 0 saturated heterocycles. The number of nitrogens with one attached hydrogen (secondary N) is 1. The van der Waals surface area contributed by atoms with Crippen molar-refractivity contribution in [1.29, 1.82) is 0 Å². The predicted octanol–water partition coefficient (Wildman–Crippen LogP) is 4.70. The summed E-state index contributed by atoms with van der Waals surface area (Å²) in [6.07, 6.45) is 7.39. The molecule has 0 amide bonds. The van der Waals surface area contributed by atoms with Crippen LogP contribution in [0.4, 0.5) is 0 Å². The van der Waals surface area contributed by atoms with Crippen LogP contribution in [0.1, 0.15) is 43.2 Å². The van der Waals surface area contributed by atoms with Gasteiger partial charge in [-0.15, -0.1) is 0 Å². The summed E-state index contributed by atoms with van der Waals surface area (Å²) in [5, 5.41) is 3.89. The van der Waals surface area contributed by atoms with Crippen LogP contribution < -0.4 is 14.8 Å². The average molecular weight is 339 g/mol. The summed E-state index contributed by atoms with van der Waals surface area (Å²) in [5.74, 6) is 1.59. The van der Waals surface area contributed by atoms with Gasteiger partial charge in [-0.2, -0.15) is 0 Å². The smallest absolute Gasteiger partial charge is 0.160 e. The van der Waals surface area contributed by atoms with Crippen molar-refractivity contribution >= 4 is 0 Å². The van der Waals surface area contributed by atoms with Gasteiger partial charge in [0, 0.05) is 5.54 Å². The van der Waals surface area contributed by atoms with Crippen molar-refractivity contribution in [2.45, 2.75) is 44.1 Å². The first kappa shape index (κ1) is 17.8. The molecule has 3 nitrogen and oxygen atoms in total. The van der Waals surface area contributed by atoms with Crippen molar-refractivity contribution in [3.8, 4) is 11.5 Å². The Morgan fingerprint density at radius 1 is 0.880 bits per heavy atom. The number of hydrogen-bond acceptors (Lipinski definition) is 3. The highest BCUT2D eigenvalue weighted by molar-refractivity contribution is 5.43. The van der Waals surface area contributed by atoms with Crippen molar-refractivity contribution in [3.05, 3.63) is 59.7 Å². The van der Waals surface area contributed by atoms with E-state index in [0.29, 0.717) is 0 Å². The second-order valence-corrected chi connectivity index (χ2v) is 6.87. The van der Waals surface area contributed by atoms with Gasteiger partial charge in [-0.3, -0.25) is 0 Å². The molecule has 1 aliphatic carbocycles. The van der Waals surface area contributed by atoms with E-state index in [1.165, 1.54) is 43.2 Å². The van der Waals surface area contributed by atoms with E-state index in [4.69, 9.17) is 9.47 Å². The third kappa shape index (κ3) is 4.16. The van der Waals surface area contributed by atoms with Crippen LogP contribution in [0.5, 0.6) is 11.5 Å². The molecule has 1 fully saturated rings. The van der Waals surface area contributed by atoms with Gasteiger partial charge in [-0.05, 0) is 49.1 Å². The summed E-state index contributed by atoms with van der Waals surface area (Å²) in [6, 6.07) is 17.1. The first-order chi connectivity index (χ1) is 12.3. The Hall–Kier alpha value is -2.00. The average Bonchev–Trinajstić information content (AvgIpc) is 2.69. The van der Waals surface area contributed by atoms with E-state index in [9.17, 15) is 0 Å². The predicted molar refractivity (Wildman–Crippen MR) is 102 cm³/mol. The minimum atomic E-state index is 0.135. The Morgan fingerprint density at radius 3 is 2.28 bits per heavy atom. The van der Waals surface area contributed by atoms with Gasteiger partial charge >= 0.3 is 0 Å². The SMILES string of the molecule is COc1ccc(CCNC2(c3ccccc3)CCCCC2)cc1OC. The number of hydrogen-bond donors (Lipinski definition) is 1. The Kier molecular flexibility index (Phi) is 5.98. The zero-order chi connectivity index (χ0) is 17.5. The largest absolute Gasteiger partial charge is 0.493 e. The molecule has 3 rings (SSSR count). The molecule has 0 bridgehead atoms. The summed E-state index contributed by atoms with van der Waals surface area (Å²) in [4.78, 5) is 0. The van der Waals surface area contributed by atoms with Gasteiger partial charge in [0.25, 0.3) is 0 Å². The monoisotopic (exact) mass is 339 g/mol. The highest BCUT2D eigenvalue weighted by Gasteiger charge is 2.32. The minimum absolute atomic E-state index is 0.135. The number of benzene rings is 2. The van der Waals surface area contributed by atoms with Crippen LogP contribution in [0.3, 0.4) is 0 Å². The fourth-order valence-corrected chi connectivity index (χ4v) is 3.96. The molecule has 3 heteroatoms. The van der Waals surface area contributed by atoms with Crippen molar-refractivity contribution in [2.24, 2.45) is 0 Å². The van der Waals surface area contributed by atoms with Crippen molar-refractivity contribution in [2.75, 3.05) is 20.8 Å². The lowest BCUT2D eigenvalue weighted by atomic mass is 9.76. The van der Waals surface area contributed by atoms with Crippen LogP contribution in [0.15, 0.2) is 48.5 Å². The Morgan fingerprint density at radius 2 is 1.60 bits per heavy atom. The van der Waals surface area contributed by atoms with Crippen LogP contribution >= 0.6 is 0 Å². The Balaban J connectivity index is 1.68. The summed E-state index contributed by atoms with van der Waals surface area (Å²) in [7, 11) is 3.36. The molecule has 2 aromatic carbocycles. The first-order valence-electron chi connectivity index (χ1n) is 9.29. The zero-order valence-corrected chi connectivity index (χ0v) is 15.4. The molecule has 2 aromatic rings. The quantitative estimate of drug-likeness (QED) is 0.793. The second-order valence-electron chi connectivity index (χ2n) is 6.87. The number of rotatable bonds is 7. The second kappa shape index (κ2) is 8.39. The topological polar surface area (TPSA) is 30.5 Å². The molecule has 0 aromatic heterocycles. The van der Waals surface area contributed by atoms with Gasteiger partial charge in [-0.1, -0.05) is 55.7 Å². The molecule has 0 radical (unpaired) electrons. The summed E-state index contributed by atoms with van der Waals surface area (Å²) >= 11 is 0. The lowest BCUT2D eigenvalue weighted by Gasteiger charge is -2.39. The lowest BCUT2D eigenvalue weighted by molar-refractivity contribution is 0.235. The van der Waals surface area contributed by atoms with Crippen LogP contribution in [-0.2, 0) is 12.0 Å². The van der Waals surface area contributed by atoms with Crippen molar-refractivity contribution in [1.82, 2.24) is 5.32 Å². The van der Waals surface area contributed by atoms with Crippen molar-refractivity contribution < 1.29 is 9.47 Å². The van der Waals surface area contributed by atoms with Crippen LogP contribution in [0.2, 0.25) is 0 Å². The van der Waals surface area contributed by atoms with Gasteiger partial charge in [0.2, 0.25) is 0 Å². The molecule has 0 aliphatic heterocycles. The van der Waals surface area contributed by atoms with Gasteiger partial charge in [0.1, 0.15) is 0 Å². The molecule has 1 aliphatic rings. The fraction of sp³-hybridized carbons (Fsp3) is 0.455. The van der Waals surface area contributed by atoms with E-state index >= 15 is 0 Å². The van der Waals surface area contributed by atoms with E-state index in [-0.39, 0.29) is 5.54 Å². The summed E-state index contributed by atoms with van der Waals surface area (Å²) in [5.41, 5.74) is 2.84.